The molecule has 0 amide bonds. The fraction of sp³-hybridized carbons (Fsp3) is 0.250. The molecular weight excluding hydrogens is 355 g/mol. The van der Waals surface area contributed by atoms with E-state index in [9.17, 15) is 18.4 Å². The average Bonchev–Trinajstić information content (AvgIpc) is 2.68. The highest BCUT2D eigenvalue weighted by molar-refractivity contribution is 5.66. The zero-order valence-corrected chi connectivity index (χ0v) is 14.4. The summed E-state index contributed by atoms with van der Waals surface area (Å²) in [6.07, 6.45) is 0.551. The molecule has 2 aromatic rings. The van der Waals surface area contributed by atoms with Gasteiger partial charge in [-0.1, -0.05) is 23.5 Å². The average molecular weight is 372 g/mol. The van der Waals surface area contributed by atoms with Crippen molar-refractivity contribution in [3.63, 3.8) is 0 Å². The molecule has 0 aliphatic carbocycles. The van der Waals surface area contributed by atoms with Gasteiger partial charge >= 0.3 is 6.18 Å². The largest absolute Gasteiger partial charge is 0.761 e. The van der Waals surface area contributed by atoms with Crippen LogP contribution in [0.4, 0.5) is 24.7 Å². The number of alkyl halides is 3. The molecule has 0 spiro atoms. The molecule has 3 rings (SSSR count). The number of rotatable bonds is 2. The number of aromatic nitrogens is 1. The summed E-state index contributed by atoms with van der Waals surface area (Å²) in [4.78, 5) is 6.28. The summed E-state index contributed by atoms with van der Waals surface area (Å²) in [6, 6.07) is 8.37. The number of benzene rings is 1. The number of anilines is 2. The smallest absolute Gasteiger partial charge is 0.416 e. The van der Waals surface area contributed by atoms with E-state index in [-0.39, 0.29) is 0 Å². The molecule has 1 aromatic carbocycles. The number of halogens is 3. The fourth-order valence-corrected chi connectivity index (χ4v) is 2.87. The van der Waals surface area contributed by atoms with Crippen molar-refractivity contribution in [1.82, 2.24) is 4.98 Å². The maximum absolute atomic E-state index is 12.7. The van der Waals surface area contributed by atoms with Crippen LogP contribution >= 0.6 is 0 Å². The molecule has 1 saturated heterocycles. The van der Waals surface area contributed by atoms with Crippen LogP contribution in [0.15, 0.2) is 54.2 Å². The fourth-order valence-electron chi connectivity index (χ4n) is 2.87. The Hall–Kier alpha value is -2.98. The van der Waals surface area contributed by atoms with Crippen molar-refractivity contribution < 1.29 is 13.2 Å². The monoisotopic (exact) mass is 372 g/mol. The number of hydrogen-bond donors (Lipinski definition) is 1. The minimum absolute atomic E-state index is 0.332. The van der Waals surface area contributed by atoms with Gasteiger partial charge in [0.2, 0.25) is 0 Å². The highest BCUT2D eigenvalue weighted by atomic mass is 19.4. The van der Waals surface area contributed by atoms with Crippen molar-refractivity contribution >= 4 is 11.5 Å². The summed E-state index contributed by atoms with van der Waals surface area (Å²) in [5.74, 6) is 6.24. The van der Waals surface area contributed by atoms with Crippen molar-refractivity contribution in [2.45, 2.75) is 19.0 Å². The lowest BCUT2D eigenvalue weighted by Crippen LogP contribution is -2.31. The molecule has 0 radical (unpaired) electrons. The molecule has 1 aliphatic heterocycles. The van der Waals surface area contributed by atoms with Crippen LogP contribution in [-0.2, 0) is 6.18 Å². The molecule has 1 aromatic heterocycles. The highest BCUT2D eigenvalue weighted by Crippen LogP contribution is 2.29. The van der Waals surface area contributed by atoms with Crippen LogP contribution < -0.4 is 10.4 Å². The first kappa shape index (κ1) is 18.8. The molecule has 0 unspecified atom stereocenters. The number of hydrogen-bond acceptors (Lipinski definition) is 4. The number of nitrogens with zero attached hydrogens (tertiary/aromatic N) is 2. The SMILES string of the molecule is [O-]Nc1cccnc1N1CCC(=CC#Cc2cccc(C(F)(F)F)c2)CC1. The molecule has 1 N–H and O–H groups in total. The first-order valence-electron chi connectivity index (χ1n) is 8.42. The van der Waals surface area contributed by atoms with Gasteiger partial charge in [0.05, 0.1) is 11.3 Å². The van der Waals surface area contributed by atoms with Crippen LogP contribution in [-0.4, -0.2) is 18.1 Å². The summed E-state index contributed by atoms with van der Waals surface area (Å²) < 4.78 is 38.2. The van der Waals surface area contributed by atoms with E-state index in [1.54, 1.807) is 30.5 Å². The molecular formula is C20H17F3N3O-. The van der Waals surface area contributed by atoms with Gasteiger partial charge in [0.15, 0.2) is 5.82 Å². The summed E-state index contributed by atoms with van der Waals surface area (Å²) in [7, 11) is 0. The molecule has 0 bridgehead atoms. The predicted molar refractivity (Wildman–Crippen MR) is 99.1 cm³/mol. The molecule has 140 valence electrons. The van der Waals surface area contributed by atoms with E-state index >= 15 is 0 Å². The van der Waals surface area contributed by atoms with Crippen LogP contribution in [0.25, 0.3) is 0 Å². The first-order chi connectivity index (χ1) is 13.0. The van der Waals surface area contributed by atoms with E-state index in [0.29, 0.717) is 30.2 Å². The van der Waals surface area contributed by atoms with Crippen molar-refractivity contribution in [2.24, 2.45) is 0 Å². The van der Waals surface area contributed by atoms with Crippen LogP contribution in [0.2, 0.25) is 0 Å². The third-order valence-corrected chi connectivity index (χ3v) is 4.28. The Kier molecular flexibility index (Phi) is 5.67. The topological polar surface area (TPSA) is 51.2 Å². The summed E-state index contributed by atoms with van der Waals surface area (Å²) in [5.41, 5.74) is 3.09. The summed E-state index contributed by atoms with van der Waals surface area (Å²) in [6.45, 7) is 1.39. The van der Waals surface area contributed by atoms with Gasteiger partial charge in [0, 0.05) is 24.8 Å². The second-order valence-corrected chi connectivity index (χ2v) is 6.11. The second-order valence-electron chi connectivity index (χ2n) is 6.11. The van der Waals surface area contributed by atoms with Crippen LogP contribution in [0.1, 0.15) is 24.0 Å². The van der Waals surface area contributed by atoms with Crippen LogP contribution in [0.5, 0.6) is 0 Å². The lowest BCUT2D eigenvalue weighted by atomic mass is 10.0. The van der Waals surface area contributed by atoms with E-state index < -0.39 is 11.7 Å². The molecule has 27 heavy (non-hydrogen) atoms. The number of nitrogens with one attached hydrogen (secondary N) is 1. The van der Waals surface area contributed by atoms with E-state index in [1.165, 1.54) is 6.07 Å². The third kappa shape index (κ3) is 4.80. The van der Waals surface area contributed by atoms with Gasteiger partial charge in [-0.3, -0.25) is 0 Å². The van der Waals surface area contributed by atoms with Gasteiger partial charge < -0.3 is 15.6 Å². The molecule has 1 fully saturated rings. The standard InChI is InChI=1S/C20H17F3N3O/c21-20(22,23)17-7-2-6-16(14-17)5-1-4-15-9-12-26(13-10-15)19-18(25-27)8-3-11-24-19/h2-4,6-8,11,14,25H,9-10,12-13H2/q-1. The molecule has 4 nitrogen and oxygen atoms in total. The predicted octanol–water partition coefficient (Wildman–Crippen LogP) is 4.59. The van der Waals surface area contributed by atoms with Crippen molar-refractivity contribution in [1.29, 1.82) is 0 Å². The lowest BCUT2D eigenvalue weighted by molar-refractivity contribution is -0.137. The highest BCUT2D eigenvalue weighted by Gasteiger charge is 2.30. The van der Waals surface area contributed by atoms with Crippen molar-refractivity contribution in [2.75, 3.05) is 23.5 Å². The van der Waals surface area contributed by atoms with Gasteiger partial charge in [0.25, 0.3) is 0 Å². The van der Waals surface area contributed by atoms with Gasteiger partial charge in [-0.2, -0.15) is 13.2 Å². The Morgan fingerprint density at radius 3 is 2.63 bits per heavy atom. The Bertz CT molecular complexity index is 887. The number of pyridine rings is 1. The van der Waals surface area contributed by atoms with Gasteiger partial charge in [-0.15, -0.1) is 0 Å². The molecule has 7 heteroatoms. The van der Waals surface area contributed by atoms with Gasteiger partial charge in [0.1, 0.15) is 0 Å². The first-order valence-corrected chi connectivity index (χ1v) is 8.42. The minimum atomic E-state index is -4.37. The second kappa shape index (κ2) is 8.14. The van der Waals surface area contributed by atoms with E-state index in [0.717, 1.165) is 30.5 Å². The number of allylic oxidation sites excluding steroid dienone is 1. The van der Waals surface area contributed by atoms with E-state index in [4.69, 9.17) is 0 Å². The maximum atomic E-state index is 12.7. The lowest BCUT2D eigenvalue weighted by Gasteiger charge is -2.31. The molecule has 2 heterocycles. The summed E-state index contributed by atoms with van der Waals surface area (Å²) >= 11 is 0. The Morgan fingerprint density at radius 2 is 1.93 bits per heavy atom. The Morgan fingerprint density at radius 1 is 1.15 bits per heavy atom. The van der Waals surface area contributed by atoms with Crippen LogP contribution in [0, 0.1) is 17.0 Å². The Balaban J connectivity index is 1.64. The van der Waals surface area contributed by atoms with Crippen LogP contribution in [0.3, 0.4) is 0 Å². The van der Waals surface area contributed by atoms with E-state index in [1.807, 2.05) is 10.4 Å². The normalized spacial score (nSPS) is 14.4. The van der Waals surface area contributed by atoms with E-state index in [2.05, 4.69) is 16.8 Å². The molecule has 1 aliphatic rings. The molecule has 0 saturated carbocycles. The third-order valence-electron chi connectivity index (χ3n) is 4.28. The zero-order chi connectivity index (χ0) is 19.3. The zero-order valence-electron chi connectivity index (χ0n) is 14.4. The Labute approximate surface area is 155 Å². The van der Waals surface area contributed by atoms with Crippen molar-refractivity contribution in [3.8, 4) is 11.8 Å². The summed E-state index contributed by atoms with van der Waals surface area (Å²) in [5, 5.41) is 11.0. The van der Waals surface area contributed by atoms with Gasteiger partial charge in [-0.25, -0.2) is 4.98 Å². The molecule has 0 atom stereocenters. The number of piperidine rings is 1. The maximum Gasteiger partial charge on any atom is 0.416 e. The van der Waals surface area contributed by atoms with Gasteiger partial charge in [-0.05, 0) is 49.2 Å². The minimum Gasteiger partial charge on any atom is -0.761 e. The van der Waals surface area contributed by atoms with Crippen molar-refractivity contribution in [3.05, 3.63) is 70.6 Å². The quantitative estimate of drug-likeness (QED) is 0.619.